The van der Waals surface area contributed by atoms with Gasteiger partial charge in [0.1, 0.15) is 11.6 Å². The highest BCUT2D eigenvalue weighted by atomic mass is 32.2. The summed E-state index contributed by atoms with van der Waals surface area (Å²) in [7, 11) is 2.04. The van der Waals surface area contributed by atoms with Crippen LogP contribution in [0, 0.1) is 11.6 Å². The second kappa shape index (κ2) is 7.05. The molecule has 7 heteroatoms. The third-order valence-corrected chi connectivity index (χ3v) is 5.94. The van der Waals surface area contributed by atoms with E-state index >= 15 is 0 Å². The number of benzene rings is 2. The summed E-state index contributed by atoms with van der Waals surface area (Å²) in [5, 5.41) is 12.4. The Kier molecular flexibility index (Phi) is 4.88. The van der Waals surface area contributed by atoms with Gasteiger partial charge in [0.05, 0.1) is 12.1 Å². The van der Waals surface area contributed by atoms with Crippen LogP contribution in [0.3, 0.4) is 0 Å². The van der Waals surface area contributed by atoms with Crippen molar-refractivity contribution in [2.45, 2.75) is 25.5 Å². The molecule has 2 aromatic carbocycles. The van der Waals surface area contributed by atoms with Crippen molar-refractivity contribution in [3.05, 3.63) is 48.0 Å². The molecule has 3 aromatic rings. The maximum Gasteiger partial charge on any atom is 0.123 e. The van der Waals surface area contributed by atoms with Crippen LogP contribution in [0.5, 0.6) is 0 Å². The molecule has 1 aliphatic heterocycles. The molecule has 0 bridgehead atoms. The second-order valence-electron chi connectivity index (χ2n) is 7.56. The molecule has 1 aromatic heterocycles. The highest BCUT2D eigenvalue weighted by Crippen LogP contribution is 2.32. The smallest absolute Gasteiger partial charge is 0.123 e. The lowest BCUT2D eigenvalue weighted by Crippen LogP contribution is -2.44. The molecular weight excluding hydrogens is 368 g/mol. The highest BCUT2D eigenvalue weighted by Gasteiger charge is 2.29. The van der Waals surface area contributed by atoms with Crippen LogP contribution in [0.25, 0.3) is 21.8 Å². The Labute approximate surface area is 161 Å². The van der Waals surface area contributed by atoms with Gasteiger partial charge in [-0.05, 0) is 56.8 Å². The molecule has 4 rings (SSSR count). The van der Waals surface area contributed by atoms with E-state index in [0.29, 0.717) is 23.9 Å². The van der Waals surface area contributed by atoms with Crippen LogP contribution in [0.1, 0.15) is 13.3 Å². The second-order valence-corrected chi connectivity index (χ2v) is 8.86. The minimum absolute atomic E-state index is 0.338. The fraction of sp³-hybridized carbons (Fsp3) is 0.400. The Morgan fingerprint density at radius 1 is 1.00 bits per heavy atom. The van der Waals surface area contributed by atoms with E-state index in [1.165, 1.54) is 24.3 Å². The molecule has 2 heterocycles. The molecule has 0 aliphatic carbocycles. The molecule has 1 unspecified atom stereocenters. The first kappa shape index (κ1) is 18.7. The fourth-order valence-electron chi connectivity index (χ4n) is 3.85. The summed E-state index contributed by atoms with van der Waals surface area (Å²) in [5.74, 6) is -0.712. The Morgan fingerprint density at radius 2 is 1.59 bits per heavy atom. The number of β-amino-alcohol motifs (C(OH)–C–C–N with tert-alkyl or cyclic N) is 1. The molecule has 4 nitrogen and oxygen atoms in total. The SMILES string of the molecule is CN1CCCN(CC(C)(O)Cn2c3ccc(F)cc3c3cc(F)ccc32)S1. The summed E-state index contributed by atoms with van der Waals surface area (Å²) in [5.41, 5.74) is 0.591. The van der Waals surface area contributed by atoms with E-state index in [9.17, 15) is 13.9 Å². The van der Waals surface area contributed by atoms with Crippen molar-refractivity contribution in [1.29, 1.82) is 0 Å². The van der Waals surface area contributed by atoms with E-state index in [2.05, 4.69) is 8.61 Å². The predicted molar refractivity (Wildman–Crippen MR) is 106 cm³/mol. The third kappa shape index (κ3) is 3.82. The average molecular weight is 391 g/mol. The lowest BCUT2D eigenvalue weighted by Gasteiger charge is -2.36. The van der Waals surface area contributed by atoms with E-state index in [-0.39, 0.29) is 11.6 Å². The maximum absolute atomic E-state index is 13.8. The van der Waals surface area contributed by atoms with E-state index < -0.39 is 5.60 Å². The summed E-state index contributed by atoms with van der Waals surface area (Å²) in [6, 6.07) is 9.05. The predicted octanol–water partition coefficient (Wildman–Crippen LogP) is 4.02. The Morgan fingerprint density at radius 3 is 2.15 bits per heavy atom. The largest absolute Gasteiger partial charge is 0.387 e. The summed E-state index contributed by atoms with van der Waals surface area (Å²) in [4.78, 5) is 0. The summed E-state index contributed by atoms with van der Waals surface area (Å²) in [6.07, 6.45) is 1.06. The van der Waals surface area contributed by atoms with Crippen LogP contribution in [0.2, 0.25) is 0 Å². The molecule has 27 heavy (non-hydrogen) atoms. The average Bonchev–Trinajstić information content (AvgIpc) is 2.86. The van der Waals surface area contributed by atoms with Crippen molar-refractivity contribution < 1.29 is 13.9 Å². The fourth-order valence-corrected chi connectivity index (χ4v) is 5.00. The van der Waals surface area contributed by atoms with Gasteiger partial charge in [0.25, 0.3) is 0 Å². The Hall–Kier alpha value is -1.67. The van der Waals surface area contributed by atoms with E-state index in [1.807, 2.05) is 18.5 Å². The molecule has 144 valence electrons. The summed E-state index contributed by atoms with van der Waals surface area (Å²) in [6.45, 7) is 4.62. The van der Waals surface area contributed by atoms with Gasteiger partial charge in [-0.1, -0.05) is 0 Å². The first-order chi connectivity index (χ1) is 12.8. The van der Waals surface area contributed by atoms with Gasteiger partial charge in [0, 0.05) is 53.6 Å². The van der Waals surface area contributed by atoms with Gasteiger partial charge < -0.3 is 9.67 Å². The zero-order chi connectivity index (χ0) is 19.2. The Bertz CT molecular complexity index is 929. The standard InChI is InChI=1S/C20H23F2N3OS/c1-20(26,12-24-9-3-8-23(2)27-24)13-25-18-6-4-14(21)10-16(18)17-11-15(22)5-7-19(17)25/h4-7,10-11,26H,3,8-9,12-13H2,1-2H3. The zero-order valence-electron chi connectivity index (χ0n) is 15.5. The van der Waals surface area contributed by atoms with Gasteiger partial charge >= 0.3 is 0 Å². The van der Waals surface area contributed by atoms with Crippen molar-refractivity contribution in [2.24, 2.45) is 0 Å². The number of nitrogens with zero attached hydrogens (tertiary/aromatic N) is 3. The molecule has 1 atom stereocenters. The summed E-state index contributed by atoms with van der Waals surface area (Å²) >= 11 is 1.64. The molecule has 0 amide bonds. The molecule has 0 spiro atoms. The maximum atomic E-state index is 13.8. The van der Waals surface area contributed by atoms with Crippen molar-refractivity contribution >= 4 is 33.9 Å². The number of aliphatic hydroxyl groups is 1. The van der Waals surface area contributed by atoms with Crippen LogP contribution < -0.4 is 0 Å². The van der Waals surface area contributed by atoms with Gasteiger partial charge in [-0.3, -0.25) is 0 Å². The number of aromatic nitrogens is 1. The molecule has 0 saturated carbocycles. The van der Waals surface area contributed by atoms with Gasteiger partial charge in [-0.2, -0.15) is 0 Å². The lowest BCUT2D eigenvalue weighted by molar-refractivity contribution is 0.0261. The lowest BCUT2D eigenvalue weighted by atomic mass is 10.1. The van der Waals surface area contributed by atoms with Gasteiger partial charge in [-0.15, -0.1) is 0 Å². The van der Waals surface area contributed by atoms with E-state index in [0.717, 1.165) is 30.5 Å². The first-order valence-corrected chi connectivity index (χ1v) is 9.79. The molecule has 1 N–H and O–H groups in total. The van der Waals surface area contributed by atoms with Crippen LogP contribution in [0.15, 0.2) is 36.4 Å². The molecule has 1 aliphatic rings. The van der Waals surface area contributed by atoms with Crippen LogP contribution >= 0.6 is 12.1 Å². The van der Waals surface area contributed by atoms with Crippen LogP contribution in [-0.2, 0) is 6.54 Å². The first-order valence-electron chi connectivity index (χ1n) is 9.06. The number of fused-ring (bicyclic) bond motifs is 3. The number of halogens is 2. The van der Waals surface area contributed by atoms with E-state index in [4.69, 9.17) is 0 Å². The van der Waals surface area contributed by atoms with Crippen LogP contribution in [-0.4, -0.2) is 50.6 Å². The van der Waals surface area contributed by atoms with Crippen molar-refractivity contribution in [2.75, 3.05) is 26.7 Å². The minimum Gasteiger partial charge on any atom is -0.387 e. The van der Waals surface area contributed by atoms with Gasteiger partial charge in [0.15, 0.2) is 0 Å². The Balaban J connectivity index is 1.71. The minimum atomic E-state index is -0.993. The van der Waals surface area contributed by atoms with Crippen molar-refractivity contribution in [3.63, 3.8) is 0 Å². The van der Waals surface area contributed by atoms with Crippen LogP contribution in [0.4, 0.5) is 8.78 Å². The zero-order valence-corrected chi connectivity index (χ0v) is 16.3. The quantitative estimate of drug-likeness (QED) is 0.681. The molecule has 1 saturated heterocycles. The van der Waals surface area contributed by atoms with Gasteiger partial charge in [-0.25, -0.2) is 17.4 Å². The normalized spacial score (nSPS) is 19.0. The molecule has 1 fully saturated rings. The van der Waals surface area contributed by atoms with Crippen molar-refractivity contribution in [1.82, 2.24) is 13.2 Å². The summed E-state index contributed by atoms with van der Waals surface area (Å²) < 4.78 is 33.9. The number of hydrogen-bond acceptors (Lipinski definition) is 4. The van der Waals surface area contributed by atoms with Gasteiger partial charge in [0.2, 0.25) is 0 Å². The number of rotatable bonds is 4. The number of hydrogen-bond donors (Lipinski definition) is 1. The van der Waals surface area contributed by atoms with Crippen molar-refractivity contribution in [3.8, 4) is 0 Å². The monoisotopic (exact) mass is 391 g/mol. The molecular formula is C20H23F2N3OS. The van der Waals surface area contributed by atoms with E-state index in [1.54, 1.807) is 24.3 Å². The molecule has 0 radical (unpaired) electrons. The topological polar surface area (TPSA) is 31.6 Å². The third-order valence-electron chi connectivity index (χ3n) is 4.94. The highest BCUT2D eigenvalue weighted by molar-refractivity contribution is 7.94.